The number of rotatable bonds is 6. The van der Waals surface area contributed by atoms with Gasteiger partial charge in [-0.15, -0.1) is 10.2 Å². The van der Waals surface area contributed by atoms with Gasteiger partial charge in [-0.1, -0.05) is 6.07 Å². The molecule has 7 nitrogen and oxygen atoms in total. The first-order chi connectivity index (χ1) is 11.7. The molecule has 1 aliphatic rings. The Kier molecular flexibility index (Phi) is 5.53. The van der Waals surface area contributed by atoms with Gasteiger partial charge in [0.2, 0.25) is 5.91 Å². The van der Waals surface area contributed by atoms with Crippen LogP contribution in [0.25, 0.3) is 0 Å². The summed E-state index contributed by atoms with van der Waals surface area (Å²) in [6.45, 7) is 2.85. The van der Waals surface area contributed by atoms with Crippen molar-refractivity contribution >= 4 is 5.91 Å². The molecule has 1 saturated heterocycles. The predicted octanol–water partition coefficient (Wildman–Crippen LogP) is 0.923. The van der Waals surface area contributed by atoms with Gasteiger partial charge in [0.1, 0.15) is 12.2 Å². The highest BCUT2D eigenvalue weighted by molar-refractivity contribution is 5.76. The lowest BCUT2D eigenvalue weighted by atomic mass is 10.0. The van der Waals surface area contributed by atoms with Gasteiger partial charge in [-0.3, -0.25) is 14.7 Å². The third-order valence-corrected chi connectivity index (χ3v) is 4.38. The minimum atomic E-state index is 0.0891. The van der Waals surface area contributed by atoms with Crippen LogP contribution in [0.2, 0.25) is 0 Å². The number of amides is 1. The molecule has 24 heavy (non-hydrogen) atoms. The smallest absolute Gasteiger partial charge is 0.220 e. The second kappa shape index (κ2) is 8.01. The molecular weight excluding hydrogens is 304 g/mol. The van der Waals surface area contributed by atoms with Crippen LogP contribution in [0.1, 0.15) is 30.7 Å². The third kappa shape index (κ3) is 4.61. The van der Waals surface area contributed by atoms with Crippen LogP contribution < -0.4 is 5.32 Å². The van der Waals surface area contributed by atoms with Crippen molar-refractivity contribution in [1.29, 1.82) is 0 Å². The quantitative estimate of drug-likeness (QED) is 0.853. The summed E-state index contributed by atoms with van der Waals surface area (Å²) in [4.78, 5) is 18.7. The van der Waals surface area contributed by atoms with Gasteiger partial charge in [-0.05, 0) is 31.0 Å². The minimum Gasteiger partial charge on any atom is -0.352 e. The fourth-order valence-corrected chi connectivity index (χ4v) is 3.13. The summed E-state index contributed by atoms with van der Waals surface area (Å²) in [5, 5.41) is 11.0. The van der Waals surface area contributed by atoms with Crippen molar-refractivity contribution in [2.45, 2.75) is 38.3 Å². The molecule has 128 valence electrons. The highest BCUT2D eigenvalue weighted by Gasteiger charge is 2.21. The van der Waals surface area contributed by atoms with E-state index in [9.17, 15) is 4.79 Å². The Labute approximate surface area is 142 Å². The van der Waals surface area contributed by atoms with E-state index in [4.69, 9.17) is 0 Å². The first-order valence-electron chi connectivity index (χ1n) is 8.44. The number of hydrogen-bond acceptors (Lipinski definition) is 5. The van der Waals surface area contributed by atoms with Crippen LogP contribution in [0.3, 0.4) is 0 Å². The van der Waals surface area contributed by atoms with Gasteiger partial charge in [0, 0.05) is 51.4 Å². The van der Waals surface area contributed by atoms with Crippen molar-refractivity contribution in [3.05, 3.63) is 42.2 Å². The van der Waals surface area contributed by atoms with Crippen molar-refractivity contribution < 1.29 is 4.79 Å². The summed E-state index contributed by atoms with van der Waals surface area (Å²) in [7, 11) is 1.89. The Morgan fingerprint density at radius 3 is 3.12 bits per heavy atom. The molecule has 0 spiro atoms. The molecule has 2 aromatic rings. The number of likely N-dealkylation sites (tertiary alicyclic amines) is 1. The summed E-state index contributed by atoms with van der Waals surface area (Å²) in [5.74, 6) is 0.929. The summed E-state index contributed by atoms with van der Waals surface area (Å²) in [6, 6.07) is 4.28. The SMILES string of the molecule is Cn1cnnc1CCC(=O)N[C@@H]1CCCN(Cc2cccnc2)C1. The highest BCUT2D eigenvalue weighted by Crippen LogP contribution is 2.13. The average Bonchev–Trinajstić information content (AvgIpc) is 2.99. The average molecular weight is 328 g/mol. The van der Waals surface area contributed by atoms with Crippen molar-refractivity contribution in [2.75, 3.05) is 13.1 Å². The van der Waals surface area contributed by atoms with Crippen LogP contribution in [0, 0.1) is 0 Å². The molecule has 1 N–H and O–H groups in total. The second-order valence-corrected chi connectivity index (χ2v) is 6.36. The van der Waals surface area contributed by atoms with Crippen LogP contribution >= 0.6 is 0 Å². The minimum absolute atomic E-state index is 0.0891. The largest absolute Gasteiger partial charge is 0.352 e. The zero-order valence-corrected chi connectivity index (χ0v) is 14.1. The van der Waals surface area contributed by atoms with E-state index in [2.05, 4.69) is 31.5 Å². The maximum absolute atomic E-state index is 12.2. The molecule has 0 saturated carbocycles. The Hall–Kier alpha value is -2.28. The molecule has 0 unspecified atom stereocenters. The Morgan fingerprint density at radius 1 is 1.46 bits per heavy atom. The normalized spacial score (nSPS) is 18.5. The Morgan fingerprint density at radius 2 is 2.38 bits per heavy atom. The molecular formula is C17H24N6O. The van der Waals surface area contributed by atoms with Gasteiger partial charge in [-0.25, -0.2) is 0 Å². The molecule has 3 heterocycles. The van der Waals surface area contributed by atoms with E-state index in [1.807, 2.05) is 23.9 Å². The van der Waals surface area contributed by atoms with E-state index in [1.165, 1.54) is 5.56 Å². The monoisotopic (exact) mass is 328 g/mol. The first kappa shape index (κ1) is 16.6. The molecule has 1 aliphatic heterocycles. The van der Waals surface area contributed by atoms with E-state index >= 15 is 0 Å². The Balaban J connectivity index is 1.44. The lowest BCUT2D eigenvalue weighted by Crippen LogP contribution is -2.47. The number of pyridine rings is 1. The van der Waals surface area contributed by atoms with Gasteiger partial charge < -0.3 is 9.88 Å². The highest BCUT2D eigenvalue weighted by atomic mass is 16.1. The van der Waals surface area contributed by atoms with E-state index < -0.39 is 0 Å². The summed E-state index contributed by atoms with van der Waals surface area (Å²) in [6.07, 6.45) is 8.57. The molecule has 1 atom stereocenters. The van der Waals surface area contributed by atoms with E-state index in [-0.39, 0.29) is 11.9 Å². The predicted molar refractivity (Wildman–Crippen MR) is 90.0 cm³/mol. The summed E-state index contributed by atoms with van der Waals surface area (Å²) >= 11 is 0. The first-order valence-corrected chi connectivity index (χ1v) is 8.44. The van der Waals surface area contributed by atoms with E-state index in [0.29, 0.717) is 12.8 Å². The van der Waals surface area contributed by atoms with Gasteiger partial charge in [0.05, 0.1) is 0 Å². The number of aryl methyl sites for hydroxylation is 2. The molecule has 7 heteroatoms. The van der Waals surface area contributed by atoms with Gasteiger partial charge >= 0.3 is 0 Å². The number of hydrogen-bond donors (Lipinski definition) is 1. The topological polar surface area (TPSA) is 75.9 Å². The van der Waals surface area contributed by atoms with Crippen molar-refractivity contribution in [3.63, 3.8) is 0 Å². The molecule has 0 aliphatic carbocycles. The van der Waals surface area contributed by atoms with Crippen LogP contribution in [0.15, 0.2) is 30.9 Å². The number of nitrogens with zero attached hydrogens (tertiary/aromatic N) is 5. The molecule has 2 aromatic heterocycles. The van der Waals surface area contributed by atoms with E-state index in [1.54, 1.807) is 12.5 Å². The molecule has 1 fully saturated rings. The zero-order chi connectivity index (χ0) is 16.8. The third-order valence-electron chi connectivity index (χ3n) is 4.38. The number of carbonyl (C=O) groups excluding carboxylic acids is 1. The maximum atomic E-state index is 12.2. The molecule has 1 amide bonds. The van der Waals surface area contributed by atoms with Crippen LogP contribution in [-0.4, -0.2) is 49.7 Å². The number of nitrogens with one attached hydrogen (secondary N) is 1. The van der Waals surface area contributed by atoms with Gasteiger partial charge in [0.15, 0.2) is 0 Å². The standard InChI is InChI=1S/C17H24N6O/c1-22-13-19-21-16(22)6-7-17(24)20-15-5-3-9-23(12-15)11-14-4-2-8-18-10-14/h2,4,8,10,13,15H,3,5-7,9,11-12H2,1H3,(H,20,24)/t15-/m1/s1. The van der Waals surface area contributed by atoms with Crippen LogP contribution in [-0.2, 0) is 24.8 Å². The zero-order valence-electron chi connectivity index (χ0n) is 14.1. The van der Waals surface area contributed by atoms with Crippen molar-refractivity contribution in [2.24, 2.45) is 7.05 Å². The molecule has 0 aromatic carbocycles. The lowest BCUT2D eigenvalue weighted by Gasteiger charge is -2.33. The summed E-state index contributed by atoms with van der Waals surface area (Å²) < 4.78 is 1.85. The number of aromatic nitrogens is 4. The van der Waals surface area contributed by atoms with E-state index in [0.717, 1.165) is 38.3 Å². The second-order valence-electron chi connectivity index (χ2n) is 6.36. The van der Waals surface area contributed by atoms with Crippen molar-refractivity contribution in [3.8, 4) is 0 Å². The van der Waals surface area contributed by atoms with Gasteiger partial charge in [-0.2, -0.15) is 0 Å². The fraction of sp³-hybridized carbons (Fsp3) is 0.529. The molecule has 0 radical (unpaired) electrons. The lowest BCUT2D eigenvalue weighted by molar-refractivity contribution is -0.122. The van der Waals surface area contributed by atoms with Gasteiger partial charge in [0.25, 0.3) is 0 Å². The summed E-state index contributed by atoms with van der Waals surface area (Å²) in [5.41, 5.74) is 1.21. The number of carbonyl (C=O) groups is 1. The molecule has 0 bridgehead atoms. The van der Waals surface area contributed by atoms with Crippen LogP contribution in [0.4, 0.5) is 0 Å². The van der Waals surface area contributed by atoms with Crippen molar-refractivity contribution in [1.82, 2.24) is 30.0 Å². The molecule has 3 rings (SSSR count). The maximum Gasteiger partial charge on any atom is 0.220 e. The van der Waals surface area contributed by atoms with Crippen LogP contribution in [0.5, 0.6) is 0 Å². The fourth-order valence-electron chi connectivity index (χ4n) is 3.13. The Bertz CT molecular complexity index is 656. The number of piperidine rings is 1.